The van der Waals surface area contributed by atoms with E-state index in [1.165, 1.54) is 36.0 Å². The highest BCUT2D eigenvalue weighted by atomic mass is 16.3. The molecule has 0 atom stereocenters. The van der Waals surface area contributed by atoms with Gasteiger partial charge >= 0.3 is 0 Å². The fourth-order valence-electron chi connectivity index (χ4n) is 3.35. The second-order valence-corrected chi connectivity index (χ2v) is 6.55. The van der Waals surface area contributed by atoms with Crippen LogP contribution in [-0.4, -0.2) is 17.3 Å². The molecule has 20 heavy (non-hydrogen) atoms. The van der Waals surface area contributed by atoms with E-state index in [4.69, 9.17) is 0 Å². The third-order valence-electron chi connectivity index (χ3n) is 5.01. The average molecular weight is 275 g/mol. The van der Waals surface area contributed by atoms with Gasteiger partial charge in [-0.25, -0.2) is 0 Å². The number of aliphatic hydroxyl groups is 1. The summed E-state index contributed by atoms with van der Waals surface area (Å²) in [5.41, 5.74) is 3.55. The van der Waals surface area contributed by atoms with E-state index in [2.05, 4.69) is 44.3 Å². The van der Waals surface area contributed by atoms with Gasteiger partial charge in [0.2, 0.25) is 0 Å². The van der Waals surface area contributed by atoms with Crippen molar-refractivity contribution in [3.63, 3.8) is 0 Å². The van der Waals surface area contributed by atoms with E-state index in [9.17, 15) is 5.11 Å². The minimum atomic E-state index is -0.484. The van der Waals surface area contributed by atoms with E-state index >= 15 is 0 Å². The van der Waals surface area contributed by atoms with Crippen LogP contribution in [0, 0.1) is 19.8 Å². The number of nitrogens with one attached hydrogen (secondary N) is 1. The van der Waals surface area contributed by atoms with Crippen molar-refractivity contribution in [1.82, 2.24) is 5.32 Å². The van der Waals surface area contributed by atoms with Gasteiger partial charge in [-0.2, -0.15) is 0 Å². The number of hydrogen-bond donors (Lipinski definition) is 2. The average Bonchev–Trinajstić information content (AvgIpc) is 2.43. The van der Waals surface area contributed by atoms with Crippen LogP contribution >= 0.6 is 0 Å². The Kier molecular flexibility index (Phi) is 5.22. The van der Waals surface area contributed by atoms with Crippen molar-refractivity contribution in [2.24, 2.45) is 5.92 Å². The van der Waals surface area contributed by atoms with Crippen LogP contribution in [0.25, 0.3) is 0 Å². The summed E-state index contributed by atoms with van der Waals surface area (Å²) in [6.07, 6.45) is 5.51. The molecule has 0 amide bonds. The number of benzene rings is 1. The molecule has 2 heteroatoms. The first kappa shape index (κ1) is 15.5. The van der Waals surface area contributed by atoms with Crippen LogP contribution in [-0.2, 0) is 6.54 Å². The quantitative estimate of drug-likeness (QED) is 0.858. The zero-order valence-electron chi connectivity index (χ0n) is 13.2. The maximum Gasteiger partial charge on any atom is 0.0771 e. The van der Waals surface area contributed by atoms with E-state index in [-0.39, 0.29) is 0 Å². The first-order valence-corrected chi connectivity index (χ1v) is 8.02. The minimum absolute atomic E-state index is 0.484. The third-order valence-corrected chi connectivity index (χ3v) is 5.01. The summed E-state index contributed by atoms with van der Waals surface area (Å²) in [6.45, 7) is 8.15. The molecule has 1 aromatic rings. The van der Waals surface area contributed by atoms with Crippen molar-refractivity contribution >= 4 is 0 Å². The third kappa shape index (κ3) is 3.83. The lowest BCUT2D eigenvalue weighted by Gasteiger charge is -2.36. The van der Waals surface area contributed by atoms with E-state index in [1.54, 1.807) is 0 Å². The second kappa shape index (κ2) is 6.73. The molecule has 0 aromatic heterocycles. The van der Waals surface area contributed by atoms with Crippen LogP contribution in [0.15, 0.2) is 18.2 Å². The molecule has 112 valence electrons. The van der Waals surface area contributed by atoms with Crippen molar-refractivity contribution in [3.05, 3.63) is 34.9 Å². The number of aryl methyl sites for hydroxylation is 2. The van der Waals surface area contributed by atoms with Gasteiger partial charge in [-0.3, -0.25) is 0 Å². The molecule has 0 unspecified atom stereocenters. The number of hydrogen-bond acceptors (Lipinski definition) is 2. The molecular weight excluding hydrogens is 246 g/mol. The van der Waals surface area contributed by atoms with E-state index in [1.807, 2.05) is 0 Å². The van der Waals surface area contributed by atoms with Gasteiger partial charge in [-0.05, 0) is 62.1 Å². The van der Waals surface area contributed by atoms with Crippen LogP contribution in [0.5, 0.6) is 0 Å². The molecule has 1 aliphatic rings. The normalized spacial score (nSPS) is 26.7. The molecule has 0 radical (unpaired) electrons. The van der Waals surface area contributed by atoms with Gasteiger partial charge in [0, 0.05) is 13.1 Å². The first-order chi connectivity index (χ1) is 9.54. The van der Waals surface area contributed by atoms with Crippen LogP contribution in [0.3, 0.4) is 0 Å². The van der Waals surface area contributed by atoms with Crippen LogP contribution in [0.2, 0.25) is 0 Å². The molecule has 1 aliphatic carbocycles. The van der Waals surface area contributed by atoms with Gasteiger partial charge < -0.3 is 10.4 Å². The lowest BCUT2D eigenvalue weighted by Crippen LogP contribution is -2.43. The Morgan fingerprint density at radius 1 is 1.20 bits per heavy atom. The molecule has 1 aromatic carbocycles. The Balaban J connectivity index is 1.84. The second-order valence-electron chi connectivity index (χ2n) is 6.55. The SMILES string of the molecule is CCC1CCC(O)(CNCc2c(C)cccc2C)CC1. The summed E-state index contributed by atoms with van der Waals surface area (Å²) in [4.78, 5) is 0. The van der Waals surface area contributed by atoms with Crippen LogP contribution < -0.4 is 5.32 Å². The van der Waals surface area contributed by atoms with Crippen molar-refractivity contribution in [1.29, 1.82) is 0 Å². The predicted molar refractivity (Wildman–Crippen MR) is 84.8 cm³/mol. The zero-order chi connectivity index (χ0) is 14.6. The van der Waals surface area contributed by atoms with Crippen LogP contribution in [0.4, 0.5) is 0 Å². The topological polar surface area (TPSA) is 32.3 Å². The summed E-state index contributed by atoms with van der Waals surface area (Å²) in [7, 11) is 0. The van der Waals surface area contributed by atoms with Gasteiger partial charge in [-0.15, -0.1) is 0 Å². The Morgan fingerprint density at radius 3 is 2.35 bits per heavy atom. The highest BCUT2D eigenvalue weighted by molar-refractivity contribution is 5.33. The van der Waals surface area contributed by atoms with Gasteiger partial charge in [0.25, 0.3) is 0 Å². The molecule has 2 nitrogen and oxygen atoms in total. The molecule has 2 N–H and O–H groups in total. The maximum absolute atomic E-state index is 10.6. The standard InChI is InChI=1S/C18H29NO/c1-4-16-8-10-18(20,11-9-16)13-19-12-17-14(2)6-5-7-15(17)3/h5-7,16,19-20H,4,8-13H2,1-3H3. The molecule has 0 spiro atoms. The number of rotatable bonds is 5. The van der Waals surface area contributed by atoms with Crippen molar-refractivity contribution < 1.29 is 5.11 Å². The van der Waals surface area contributed by atoms with E-state index < -0.39 is 5.60 Å². The maximum atomic E-state index is 10.6. The van der Waals surface area contributed by atoms with Crippen molar-refractivity contribution in [2.45, 2.75) is 65.0 Å². The smallest absolute Gasteiger partial charge is 0.0771 e. The van der Waals surface area contributed by atoms with Crippen molar-refractivity contribution in [3.8, 4) is 0 Å². The van der Waals surface area contributed by atoms with Crippen molar-refractivity contribution in [2.75, 3.05) is 6.54 Å². The Morgan fingerprint density at radius 2 is 1.80 bits per heavy atom. The monoisotopic (exact) mass is 275 g/mol. The summed E-state index contributed by atoms with van der Waals surface area (Å²) in [5, 5.41) is 14.1. The largest absolute Gasteiger partial charge is 0.389 e. The summed E-state index contributed by atoms with van der Waals surface area (Å²) < 4.78 is 0. The molecule has 0 heterocycles. The lowest BCUT2D eigenvalue weighted by atomic mass is 9.78. The summed E-state index contributed by atoms with van der Waals surface area (Å²) >= 11 is 0. The molecule has 1 saturated carbocycles. The fraction of sp³-hybridized carbons (Fsp3) is 0.667. The molecule has 2 rings (SSSR count). The van der Waals surface area contributed by atoms with Crippen LogP contribution in [0.1, 0.15) is 55.7 Å². The summed E-state index contributed by atoms with van der Waals surface area (Å²) in [6, 6.07) is 6.42. The predicted octanol–water partition coefficient (Wildman–Crippen LogP) is 3.72. The lowest BCUT2D eigenvalue weighted by molar-refractivity contribution is -0.00883. The Labute approximate surface area is 123 Å². The molecule has 0 saturated heterocycles. The zero-order valence-corrected chi connectivity index (χ0v) is 13.2. The van der Waals surface area contributed by atoms with Gasteiger partial charge in [-0.1, -0.05) is 31.5 Å². The molecular formula is C18H29NO. The van der Waals surface area contributed by atoms with Gasteiger partial charge in [0.1, 0.15) is 0 Å². The van der Waals surface area contributed by atoms with E-state index in [0.29, 0.717) is 0 Å². The highest BCUT2D eigenvalue weighted by Crippen LogP contribution is 2.33. The fourth-order valence-corrected chi connectivity index (χ4v) is 3.35. The Bertz CT molecular complexity index is 413. The molecule has 0 bridgehead atoms. The van der Waals surface area contributed by atoms with E-state index in [0.717, 1.165) is 31.8 Å². The highest BCUT2D eigenvalue weighted by Gasteiger charge is 2.32. The van der Waals surface area contributed by atoms with Gasteiger partial charge in [0.15, 0.2) is 0 Å². The minimum Gasteiger partial charge on any atom is -0.389 e. The molecule has 1 fully saturated rings. The first-order valence-electron chi connectivity index (χ1n) is 8.02. The molecule has 0 aliphatic heterocycles. The summed E-state index contributed by atoms with van der Waals surface area (Å²) in [5.74, 6) is 0.828. The van der Waals surface area contributed by atoms with Gasteiger partial charge in [0.05, 0.1) is 5.60 Å². The Hall–Kier alpha value is -0.860.